The Morgan fingerprint density at radius 1 is 1.00 bits per heavy atom. The molecule has 0 spiro atoms. The van der Waals surface area contributed by atoms with Gasteiger partial charge in [-0.2, -0.15) is 0 Å². The van der Waals surface area contributed by atoms with E-state index in [1.165, 1.54) is 16.1 Å². The number of halogens is 3. The third-order valence-corrected chi connectivity index (χ3v) is 6.97. The molecule has 27 heavy (non-hydrogen) atoms. The fourth-order valence-electron chi connectivity index (χ4n) is 3.30. The molecule has 0 saturated carbocycles. The Morgan fingerprint density at radius 3 is 2.48 bits per heavy atom. The Labute approximate surface area is 174 Å². The summed E-state index contributed by atoms with van der Waals surface area (Å²) in [5.74, 6) is 0. The van der Waals surface area contributed by atoms with Crippen molar-refractivity contribution >= 4 is 62.2 Å². The van der Waals surface area contributed by atoms with Gasteiger partial charge >= 0.3 is 0 Å². The Bertz CT molecular complexity index is 1080. The lowest BCUT2D eigenvalue weighted by Crippen LogP contribution is -2.43. The molecular weight excluding hydrogens is 429 g/mol. The SMILES string of the molecule is Cl.O=S(=O)(c1cc(Cl)ccc1Cl)n1ccc2c(N3CCNCC3)cccc21. The van der Waals surface area contributed by atoms with Crippen molar-refractivity contribution in [2.75, 3.05) is 31.1 Å². The van der Waals surface area contributed by atoms with Crippen molar-refractivity contribution in [3.05, 3.63) is 58.7 Å². The molecule has 1 aromatic heterocycles. The average Bonchev–Trinajstić information content (AvgIpc) is 3.09. The minimum atomic E-state index is -3.85. The van der Waals surface area contributed by atoms with Gasteiger partial charge in [0.2, 0.25) is 0 Å². The number of hydrogen-bond acceptors (Lipinski definition) is 4. The van der Waals surface area contributed by atoms with E-state index in [1.807, 2.05) is 18.2 Å². The van der Waals surface area contributed by atoms with Crippen LogP contribution in [-0.2, 0) is 10.0 Å². The minimum Gasteiger partial charge on any atom is -0.368 e. The summed E-state index contributed by atoms with van der Waals surface area (Å²) in [6.45, 7) is 3.59. The summed E-state index contributed by atoms with van der Waals surface area (Å²) >= 11 is 12.1. The molecule has 144 valence electrons. The van der Waals surface area contributed by atoms with E-state index in [-0.39, 0.29) is 22.3 Å². The van der Waals surface area contributed by atoms with E-state index in [4.69, 9.17) is 23.2 Å². The second-order valence-corrected chi connectivity index (χ2v) is 8.77. The standard InChI is InChI=1S/C18H17Cl2N3O2S.ClH/c19-13-4-5-15(20)18(12-13)26(24,25)23-9-6-14-16(2-1-3-17(14)23)22-10-7-21-8-11-22;/h1-6,9,12,21H,7-8,10-11H2;1H. The molecule has 1 aliphatic heterocycles. The van der Waals surface area contributed by atoms with Gasteiger partial charge in [0.1, 0.15) is 4.90 Å². The van der Waals surface area contributed by atoms with Gasteiger partial charge in [-0.15, -0.1) is 12.4 Å². The van der Waals surface area contributed by atoms with Crippen molar-refractivity contribution < 1.29 is 8.42 Å². The zero-order valence-corrected chi connectivity index (χ0v) is 17.4. The lowest BCUT2D eigenvalue weighted by atomic mass is 10.2. The highest BCUT2D eigenvalue weighted by molar-refractivity contribution is 7.90. The van der Waals surface area contributed by atoms with Crippen LogP contribution in [0.2, 0.25) is 10.0 Å². The number of nitrogens with one attached hydrogen (secondary N) is 1. The molecule has 4 rings (SSSR count). The predicted octanol–water partition coefficient (Wildman–Crippen LogP) is 4.02. The molecule has 1 fully saturated rings. The van der Waals surface area contributed by atoms with Gasteiger partial charge in [0.25, 0.3) is 10.0 Å². The van der Waals surface area contributed by atoms with Crippen LogP contribution in [0.1, 0.15) is 0 Å². The topological polar surface area (TPSA) is 54.3 Å². The molecule has 3 aromatic rings. The van der Waals surface area contributed by atoms with Crippen LogP contribution in [0.4, 0.5) is 5.69 Å². The van der Waals surface area contributed by atoms with Gasteiger partial charge in [-0.1, -0.05) is 29.3 Å². The van der Waals surface area contributed by atoms with Crippen LogP contribution in [0.15, 0.2) is 53.6 Å². The Hall–Kier alpha value is -1.44. The van der Waals surface area contributed by atoms with Crippen LogP contribution in [0.3, 0.4) is 0 Å². The van der Waals surface area contributed by atoms with Crippen LogP contribution in [0.5, 0.6) is 0 Å². The van der Waals surface area contributed by atoms with Gasteiger partial charge in [0, 0.05) is 48.5 Å². The number of hydrogen-bond donors (Lipinski definition) is 1. The fraction of sp³-hybridized carbons (Fsp3) is 0.222. The van der Waals surface area contributed by atoms with Crippen LogP contribution in [0.25, 0.3) is 10.9 Å². The lowest BCUT2D eigenvalue weighted by Gasteiger charge is -2.30. The minimum absolute atomic E-state index is 0. The van der Waals surface area contributed by atoms with E-state index in [2.05, 4.69) is 10.2 Å². The summed E-state index contributed by atoms with van der Waals surface area (Å²) in [6, 6.07) is 12.0. The van der Waals surface area contributed by atoms with Crippen molar-refractivity contribution in [2.45, 2.75) is 4.90 Å². The molecule has 0 aliphatic carbocycles. The second-order valence-electron chi connectivity index (χ2n) is 6.14. The molecule has 2 heterocycles. The third kappa shape index (κ3) is 3.65. The second kappa shape index (κ2) is 7.89. The summed E-state index contributed by atoms with van der Waals surface area (Å²) in [6.07, 6.45) is 1.57. The Morgan fingerprint density at radius 2 is 1.74 bits per heavy atom. The molecule has 0 radical (unpaired) electrons. The highest BCUT2D eigenvalue weighted by atomic mass is 35.5. The molecule has 1 N–H and O–H groups in total. The predicted molar refractivity (Wildman–Crippen MR) is 113 cm³/mol. The van der Waals surface area contributed by atoms with Gasteiger partial charge in [0.05, 0.1) is 10.5 Å². The summed E-state index contributed by atoms with van der Waals surface area (Å²) in [5.41, 5.74) is 1.66. The highest BCUT2D eigenvalue weighted by Crippen LogP contribution is 2.33. The number of anilines is 1. The van der Waals surface area contributed by atoms with Crippen LogP contribution >= 0.6 is 35.6 Å². The van der Waals surface area contributed by atoms with Gasteiger partial charge in [-0.05, 0) is 36.4 Å². The van der Waals surface area contributed by atoms with Gasteiger partial charge < -0.3 is 10.2 Å². The summed E-state index contributed by atoms with van der Waals surface area (Å²) in [4.78, 5) is 2.26. The van der Waals surface area contributed by atoms with Gasteiger partial charge in [-0.25, -0.2) is 12.4 Å². The maximum Gasteiger partial charge on any atom is 0.269 e. The smallest absolute Gasteiger partial charge is 0.269 e. The Balaban J connectivity index is 0.00000210. The van der Waals surface area contributed by atoms with Crippen molar-refractivity contribution in [3.8, 4) is 0 Å². The normalized spacial score (nSPS) is 15.0. The number of piperazine rings is 1. The molecule has 0 unspecified atom stereocenters. The van der Waals surface area contributed by atoms with E-state index in [1.54, 1.807) is 18.3 Å². The third-order valence-electron chi connectivity index (χ3n) is 4.56. The first-order valence-corrected chi connectivity index (χ1v) is 10.4. The largest absolute Gasteiger partial charge is 0.368 e. The molecule has 1 aliphatic rings. The lowest BCUT2D eigenvalue weighted by molar-refractivity contribution is 0.588. The highest BCUT2D eigenvalue weighted by Gasteiger charge is 2.24. The van der Waals surface area contributed by atoms with Crippen LogP contribution in [0, 0.1) is 0 Å². The number of rotatable bonds is 3. The number of nitrogens with zero attached hydrogens (tertiary/aromatic N) is 2. The number of aromatic nitrogens is 1. The fourth-order valence-corrected chi connectivity index (χ4v) is 5.39. The molecule has 1 saturated heterocycles. The molecule has 5 nitrogen and oxygen atoms in total. The monoisotopic (exact) mass is 445 g/mol. The van der Waals surface area contributed by atoms with E-state index >= 15 is 0 Å². The van der Waals surface area contributed by atoms with E-state index in [9.17, 15) is 8.42 Å². The molecule has 2 aromatic carbocycles. The van der Waals surface area contributed by atoms with Crippen molar-refractivity contribution in [3.63, 3.8) is 0 Å². The Kier molecular flexibility index (Phi) is 5.93. The van der Waals surface area contributed by atoms with E-state index < -0.39 is 10.0 Å². The zero-order valence-electron chi connectivity index (χ0n) is 14.2. The van der Waals surface area contributed by atoms with Gasteiger partial charge in [-0.3, -0.25) is 0 Å². The van der Waals surface area contributed by atoms with E-state index in [0.717, 1.165) is 37.3 Å². The van der Waals surface area contributed by atoms with Crippen LogP contribution in [-0.4, -0.2) is 38.6 Å². The molecular formula is C18H18Cl3N3O2S. The first-order valence-electron chi connectivity index (χ1n) is 8.25. The van der Waals surface area contributed by atoms with Crippen LogP contribution < -0.4 is 10.2 Å². The van der Waals surface area contributed by atoms with E-state index in [0.29, 0.717) is 10.5 Å². The van der Waals surface area contributed by atoms with Gasteiger partial charge in [0.15, 0.2) is 0 Å². The quantitative estimate of drug-likeness (QED) is 0.660. The average molecular weight is 447 g/mol. The molecule has 0 atom stereocenters. The molecule has 0 amide bonds. The number of benzene rings is 2. The van der Waals surface area contributed by atoms with Crippen molar-refractivity contribution in [1.82, 2.24) is 9.29 Å². The van der Waals surface area contributed by atoms with Crippen molar-refractivity contribution in [2.24, 2.45) is 0 Å². The van der Waals surface area contributed by atoms with Crippen molar-refractivity contribution in [1.29, 1.82) is 0 Å². The first kappa shape index (κ1) is 20.3. The summed E-state index contributed by atoms with van der Waals surface area (Å²) < 4.78 is 27.6. The molecule has 0 bridgehead atoms. The number of fused-ring (bicyclic) bond motifs is 1. The summed E-state index contributed by atoms with van der Waals surface area (Å²) in [5, 5.41) is 4.70. The maximum absolute atomic E-state index is 13.2. The maximum atomic E-state index is 13.2. The zero-order chi connectivity index (χ0) is 18.3. The first-order chi connectivity index (χ1) is 12.5. The molecule has 9 heteroatoms. The summed E-state index contributed by atoms with van der Waals surface area (Å²) in [7, 11) is -3.85.